The van der Waals surface area contributed by atoms with E-state index in [1.54, 1.807) is 12.1 Å². The molecule has 0 aromatic heterocycles. The van der Waals surface area contributed by atoms with Crippen molar-refractivity contribution in [2.24, 2.45) is 0 Å². The van der Waals surface area contributed by atoms with E-state index in [2.05, 4.69) is 0 Å². The Hall–Kier alpha value is -3.07. The minimum Gasteiger partial charge on any atom is -0.507 e. The molecule has 2 aromatic rings. The van der Waals surface area contributed by atoms with Gasteiger partial charge in [-0.2, -0.15) is 0 Å². The van der Waals surface area contributed by atoms with Crippen molar-refractivity contribution in [1.29, 1.82) is 0 Å². The van der Waals surface area contributed by atoms with Gasteiger partial charge in [-0.1, -0.05) is 6.08 Å². The largest absolute Gasteiger partial charge is 0.507 e. The summed E-state index contributed by atoms with van der Waals surface area (Å²) in [5.41, 5.74) is 1.56. The minimum absolute atomic E-state index is 0.164. The molecule has 3 N–H and O–H groups in total. The lowest BCUT2D eigenvalue weighted by molar-refractivity contribution is -0.473. The van der Waals surface area contributed by atoms with Crippen LogP contribution in [0, 0.1) is 0 Å². The summed E-state index contributed by atoms with van der Waals surface area (Å²) in [4.78, 5) is 20.3. The number of aliphatic hydroxyl groups is 1. The van der Waals surface area contributed by atoms with Gasteiger partial charge in [0.25, 0.3) is 0 Å². The van der Waals surface area contributed by atoms with Gasteiger partial charge >= 0.3 is 0 Å². The summed E-state index contributed by atoms with van der Waals surface area (Å²) in [6, 6.07) is 6.14. The molecule has 2 aromatic carbocycles. The van der Waals surface area contributed by atoms with Gasteiger partial charge in [-0.3, -0.25) is 4.79 Å². The summed E-state index contributed by atoms with van der Waals surface area (Å²) >= 11 is 0. The number of hydrogen-bond acceptors (Lipinski definition) is 8. The highest BCUT2D eigenvalue weighted by Crippen LogP contribution is 2.49. The standard InChI is InChI=1S/C20H20O8/c1-25-15-7-11(4-3-5-21)6-13(23)18(15)19-14(24)8-12(9-16(19)26-2)20-17(10-22)27-28-20/h3-9,17,20,22-24H,10H2,1-2H3. The zero-order valence-corrected chi connectivity index (χ0v) is 15.3. The molecule has 8 nitrogen and oxygen atoms in total. The number of allylic oxidation sites excluding steroid dienone is 1. The van der Waals surface area contributed by atoms with Crippen LogP contribution >= 0.6 is 0 Å². The first-order valence-corrected chi connectivity index (χ1v) is 8.41. The van der Waals surface area contributed by atoms with Crippen LogP contribution in [-0.2, 0) is 14.6 Å². The minimum atomic E-state index is -0.551. The normalized spacial score (nSPS) is 18.7. The van der Waals surface area contributed by atoms with E-state index < -0.39 is 12.2 Å². The molecule has 0 amide bonds. The van der Waals surface area contributed by atoms with Crippen molar-refractivity contribution in [2.75, 3.05) is 20.8 Å². The van der Waals surface area contributed by atoms with Gasteiger partial charge in [0.1, 0.15) is 41.5 Å². The number of methoxy groups -OCH3 is 2. The SMILES string of the molecule is COc1cc(C=CC=O)cc(O)c1-c1c(O)cc(C2OOC2CO)cc1OC. The lowest BCUT2D eigenvalue weighted by atomic mass is 9.95. The summed E-state index contributed by atoms with van der Waals surface area (Å²) in [7, 11) is 2.85. The van der Waals surface area contributed by atoms with E-state index in [0.29, 0.717) is 17.4 Å². The van der Waals surface area contributed by atoms with Crippen molar-refractivity contribution < 1.29 is 39.4 Å². The lowest BCUT2D eigenvalue weighted by Crippen LogP contribution is -2.38. The number of carbonyl (C=O) groups is 1. The molecule has 0 spiro atoms. The average molecular weight is 388 g/mol. The molecule has 3 rings (SSSR count). The maximum atomic E-state index is 10.7. The van der Waals surface area contributed by atoms with Crippen molar-refractivity contribution in [1.82, 2.24) is 0 Å². The third kappa shape index (κ3) is 3.53. The highest BCUT2D eigenvalue weighted by Gasteiger charge is 2.37. The Bertz CT molecular complexity index is 904. The molecule has 1 heterocycles. The second-order valence-corrected chi connectivity index (χ2v) is 6.06. The van der Waals surface area contributed by atoms with Crippen LogP contribution in [0.2, 0.25) is 0 Å². The summed E-state index contributed by atoms with van der Waals surface area (Å²) in [5.74, 6) is 0.212. The first kappa shape index (κ1) is 19.7. The molecule has 1 aliphatic rings. The number of carbonyl (C=O) groups excluding carboxylic acids is 1. The Balaban J connectivity index is 2.13. The molecule has 148 valence electrons. The van der Waals surface area contributed by atoms with E-state index >= 15 is 0 Å². The van der Waals surface area contributed by atoms with Crippen LogP contribution in [0.25, 0.3) is 17.2 Å². The Kier molecular flexibility index (Phi) is 5.84. The molecule has 0 radical (unpaired) electrons. The number of rotatable bonds is 7. The number of aromatic hydroxyl groups is 2. The first-order valence-electron chi connectivity index (χ1n) is 8.41. The Morgan fingerprint density at radius 2 is 1.64 bits per heavy atom. The van der Waals surface area contributed by atoms with Gasteiger partial charge in [0.05, 0.1) is 32.0 Å². The summed E-state index contributed by atoms with van der Waals surface area (Å²) < 4.78 is 10.8. The molecule has 0 aliphatic carbocycles. The highest BCUT2D eigenvalue weighted by atomic mass is 17.2. The second-order valence-electron chi connectivity index (χ2n) is 6.06. The maximum absolute atomic E-state index is 10.7. The van der Waals surface area contributed by atoms with Crippen LogP contribution in [0.1, 0.15) is 17.2 Å². The predicted molar refractivity (Wildman–Crippen MR) is 99.2 cm³/mol. The fourth-order valence-corrected chi connectivity index (χ4v) is 3.06. The zero-order chi connectivity index (χ0) is 20.3. The van der Waals surface area contributed by atoms with E-state index in [9.17, 15) is 20.1 Å². The third-order valence-electron chi connectivity index (χ3n) is 4.39. The molecular formula is C20H20O8. The monoisotopic (exact) mass is 388 g/mol. The van der Waals surface area contributed by atoms with Crippen molar-refractivity contribution in [3.8, 4) is 34.1 Å². The van der Waals surface area contributed by atoms with Gasteiger partial charge in [-0.15, -0.1) is 0 Å². The summed E-state index contributed by atoms with van der Waals surface area (Å²) in [6.45, 7) is -0.236. The van der Waals surface area contributed by atoms with Crippen LogP contribution in [0.4, 0.5) is 0 Å². The number of benzene rings is 2. The second kappa shape index (κ2) is 8.30. The molecule has 8 heteroatoms. The quantitative estimate of drug-likeness (QED) is 0.376. The molecular weight excluding hydrogens is 368 g/mol. The van der Waals surface area contributed by atoms with Crippen molar-refractivity contribution in [3.05, 3.63) is 41.5 Å². The van der Waals surface area contributed by atoms with Crippen LogP contribution < -0.4 is 9.47 Å². The zero-order valence-electron chi connectivity index (χ0n) is 15.3. The van der Waals surface area contributed by atoms with Crippen LogP contribution in [0.5, 0.6) is 23.0 Å². The Labute approximate surface area is 161 Å². The van der Waals surface area contributed by atoms with Gasteiger partial charge in [0.15, 0.2) is 0 Å². The Morgan fingerprint density at radius 3 is 2.18 bits per heavy atom. The predicted octanol–water partition coefficient (Wildman–Crippen LogP) is 2.36. The number of aldehydes is 1. The first-order chi connectivity index (χ1) is 13.5. The van der Waals surface area contributed by atoms with E-state index in [4.69, 9.17) is 19.2 Å². The van der Waals surface area contributed by atoms with Gasteiger partial charge in [0, 0.05) is 0 Å². The topological polar surface area (TPSA) is 115 Å². The average Bonchev–Trinajstić information content (AvgIpc) is 2.65. The molecule has 1 aliphatic heterocycles. The van der Waals surface area contributed by atoms with E-state index in [1.165, 1.54) is 38.5 Å². The van der Waals surface area contributed by atoms with Gasteiger partial charge in [-0.05, 0) is 41.5 Å². The van der Waals surface area contributed by atoms with E-state index in [-0.39, 0.29) is 40.7 Å². The molecule has 0 saturated carbocycles. The van der Waals surface area contributed by atoms with Crippen molar-refractivity contribution in [3.63, 3.8) is 0 Å². The fourth-order valence-electron chi connectivity index (χ4n) is 3.06. The molecule has 1 saturated heterocycles. The number of hydrogen-bond donors (Lipinski definition) is 3. The molecule has 0 bridgehead atoms. The van der Waals surface area contributed by atoms with Crippen molar-refractivity contribution in [2.45, 2.75) is 12.2 Å². The number of phenols is 2. The van der Waals surface area contributed by atoms with E-state index in [1.807, 2.05) is 0 Å². The fraction of sp³-hybridized carbons (Fsp3) is 0.250. The van der Waals surface area contributed by atoms with Crippen molar-refractivity contribution >= 4 is 12.4 Å². The smallest absolute Gasteiger partial charge is 0.150 e. The lowest BCUT2D eigenvalue weighted by Gasteiger charge is -2.34. The van der Waals surface area contributed by atoms with Crippen LogP contribution in [0.15, 0.2) is 30.3 Å². The highest BCUT2D eigenvalue weighted by molar-refractivity contribution is 5.87. The molecule has 2 atom stereocenters. The van der Waals surface area contributed by atoms with Gasteiger partial charge in [0.2, 0.25) is 0 Å². The van der Waals surface area contributed by atoms with Crippen LogP contribution in [0.3, 0.4) is 0 Å². The van der Waals surface area contributed by atoms with Gasteiger partial charge < -0.3 is 24.8 Å². The number of aliphatic hydroxyl groups excluding tert-OH is 1. The molecule has 28 heavy (non-hydrogen) atoms. The Morgan fingerprint density at radius 1 is 1.00 bits per heavy atom. The summed E-state index contributed by atoms with van der Waals surface area (Å²) in [5, 5.41) is 30.5. The molecule has 2 unspecified atom stereocenters. The van der Waals surface area contributed by atoms with E-state index in [0.717, 1.165) is 0 Å². The third-order valence-corrected chi connectivity index (χ3v) is 4.39. The number of ether oxygens (including phenoxy) is 2. The summed E-state index contributed by atoms with van der Waals surface area (Å²) in [6.07, 6.45) is 2.34. The van der Waals surface area contributed by atoms with Gasteiger partial charge in [-0.25, -0.2) is 9.78 Å². The number of phenolic OH excluding ortho intramolecular Hbond substituents is 2. The maximum Gasteiger partial charge on any atom is 0.150 e. The van der Waals surface area contributed by atoms with Crippen LogP contribution in [-0.4, -0.2) is 48.5 Å². The molecule has 1 fully saturated rings.